The van der Waals surface area contributed by atoms with E-state index >= 15 is 0 Å². The Kier molecular flexibility index (Phi) is 8.78. The maximum Gasteiger partial charge on any atom is 0.243 e. The molecule has 2 N–H and O–H groups in total. The Bertz CT molecular complexity index is 1670. The Morgan fingerprint density at radius 2 is 1.92 bits per heavy atom. The second-order valence-electron chi connectivity index (χ2n) is 8.22. The van der Waals surface area contributed by atoms with Gasteiger partial charge in [-0.15, -0.1) is 0 Å². The number of halogens is 3. The molecule has 0 saturated heterocycles. The number of fused-ring (bicyclic) bond motifs is 1. The smallest absolute Gasteiger partial charge is 0.243 e. The topological polar surface area (TPSA) is 88.4 Å². The van der Waals surface area contributed by atoms with Crippen LogP contribution in [0.15, 0.2) is 106 Å². The van der Waals surface area contributed by atoms with Crippen LogP contribution in [0.25, 0.3) is 16.9 Å². The van der Waals surface area contributed by atoms with Crippen molar-refractivity contribution in [2.75, 3.05) is 18.4 Å². The zero-order valence-corrected chi connectivity index (χ0v) is 23.5. The molecule has 4 rings (SSSR count). The summed E-state index contributed by atoms with van der Waals surface area (Å²) < 4.78 is 44.0. The summed E-state index contributed by atoms with van der Waals surface area (Å²) in [4.78, 5) is 4.30. The molecule has 0 aliphatic heterocycles. The largest absolute Gasteiger partial charge is 0.366 e. The fraction of sp³-hybridized carbons (Fsp3) is 0.111. The third kappa shape index (κ3) is 6.39. The van der Waals surface area contributed by atoms with Crippen LogP contribution in [0.3, 0.4) is 0 Å². The summed E-state index contributed by atoms with van der Waals surface area (Å²) in [7, 11) is -4.03. The van der Waals surface area contributed by atoms with Crippen molar-refractivity contribution in [2.24, 2.45) is 0 Å². The fourth-order valence-corrected chi connectivity index (χ4v) is 5.35. The van der Waals surface area contributed by atoms with Crippen molar-refractivity contribution in [2.45, 2.75) is 11.8 Å². The van der Waals surface area contributed by atoms with E-state index in [1.54, 1.807) is 35.0 Å². The van der Waals surface area contributed by atoms with Gasteiger partial charge >= 0.3 is 0 Å². The molecule has 7 nitrogen and oxygen atoms in total. The van der Waals surface area contributed by atoms with Crippen molar-refractivity contribution in [3.8, 4) is 11.3 Å². The second-order valence-corrected chi connectivity index (χ2v) is 11.2. The maximum absolute atomic E-state index is 14.0. The zero-order chi connectivity index (χ0) is 27.3. The van der Waals surface area contributed by atoms with E-state index < -0.39 is 20.7 Å². The van der Waals surface area contributed by atoms with Gasteiger partial charge in [0.25, 0.3) is 0 Å². The van der Waals surface area contributed by atoms with Gasteiger partial charge in [0.2, 0.25) is 10.0 Å². The fourth-order valence-electron chi connectivity index (χ4n) is 3.68. The molecule has 0 unspecified atom stereocenters. The monoisotopic (exact) mass is 615 g/mol. The molecule has 0 amide bonds. The summed E-state index contributed by atoms with van der Waals surface area (Å²) in [5, 5.41) is 8.28. The predicted molar refractivity (Wildman–Crippen MR) is 153 cm³/mol. The molecule has 196 valence electrons. The lowest BCUT2D eigenvalue weighted by Gasteiger charge is -2.13. The third-order valence-electron chi connectivity index (χ3n) is 5.44. The van der Waals surface area contributed by atoms with Crippen molar-refractivity contribution in [3.63, 3.8) is 0 Å². The van der Waals surface area contributed by atoms with Crippen LogP contribution in [0.5, 0.6) is 0 Å². The number of hydrogen-bond donors (Lipinski definition) is 2. The Hall–Kier alpha value is -3.31. The molecule has 0 spiro atoms. The lowest BCUT2D eigenvalue weighted by atomic mass is 10.1. The van der Waals surface area contributed by atoms with Crippen LogP contribution in [-0.2, 0) is 10.0 Å². The molecule has 2 aromatic carbocycles. The highest BCUT2D eigenvalue weighted by molar-refractivity contribution is 9.10. The maximum atomic E-state index is 14.0. The molecule has 0 aliphatic carbocycles. The van der Waals surface area contributed by atoms with Crippen LogP contribution in [-0.4, -0.2) is 36.1 Å². The van der Waals surface area contributed by atoms with E-state index in [1.165, 1.54) is 18.2 Å². The van der Waals surface area contributed by atoms with E-state index in [0.717, 1.165) is 16.1 Å². The highest BCUT2D eigenvalue weighted by atomic mass is 79.9. The summed E-state index contributed by atoms with van der Waals surface area (Å²) in [5.74, 6) is -0.145. The van der Waals surface area contributed by atoms with Gasteiger partial charge in [-0.25, -0.2) is 22.5 Å². The zero-order valence-electron chi connectivity index (χ0n) is 20.3. The van der Waals surface area contributed by atoms with Crippen LogP contribution in [0.4, 0.5) is 10.2 Å². The molecular formula is C27H24BrClFN5O2S. The predicted octanol–water partition coefficient (Wildman–Crippen LogP) is 6.40. The van der Waals surface area contributed by atoms with Gasteiger partial charge < -0.3 is 5.32 Å². The highest BCUT2D eigenvalue weighted by Crippen LogP contribution is 2.30. The van der Waals surface area contributed by atoms with E-state index in [4.69, 9.17) is 16.6 Å². The third-order valence-corrected chi connectivity index (χ3v) is 7.76. The summed E-state index contributed by atoms with van der Waals surface area (Å²) in [6.45, 7) is 6.22. The first kappa shape index (κ1) is 27.7. The number of aromatic nitrogens is 3. The van der Waals surface area contributed by atoms with Gasteiger partial charge in [0, 0.05) is 29.7 Å². The summed E-state index contributed by atoms with van der Waals surface area (Å²) in [6, 6.07) is 14.5. The molecule has 0 bridgehead atoms. The number of rotatable bonds is 10. The van der Waals surface area contributed by atoms with E-state index in [2.05, 4.69) is 37.6 Å². The van der Waals surface area contributed by atoms with Gasteiger partial charge in [-0.05, 0) is 52.2 Å². The Balaban J connectivity index is 1.53. The van der Waals surface area contributed by atoms with Crippen LogP contribution < -0.4 is 10.0 Å². The minimum absolute atomic E-state index is 0.0394. The van der Waals surface area contributed by atoms with E-state index in [-0.39, 0.29) is 6.54 Å². The molecule has 38 heavy (non-hydrogen) atoms. The average molecular weight is 617 g/mol. The van der Waals surface area contributed by atoms with E-state index in [1.807, 2.05) is 31.2 Å². The lowest BCUT2D eigenvalue weighted by Crippen LogP contribution is -2.26. The summed E-state index contributed by atoms with van der Waals surface area (Å²) in [5.41, 5.74) is 3.40. The van der Waals surface area contributed by atoms with Crippen LogP contribution in [0.2, 0.25) is 5.02 Å². The van der Waals surface area contributed by atoms with Gasteiger partial charge in [0.15, 0.2) is 5.65 Å². The lowest BCUT2D eigenvalue weighted by molar-refractivity contribution is 0.559. The first-order chi connectivity index (χ1) is 18.2. The van der Waals surface area contributed by atoms with Crippen molar-refractivity contribution in [1.82, 2.24) is 19.3 Å². The quantitative estimate of drug-likeness (QED) is 0.201. The standard InChI is InChI=1S/C27H24BrClFN5O2S/c1-3-8-19(16-33-38(36,37)25-12-7-6-11-23(25)30)13-18(2)15-31-26-14-24(20-9-4-5-10-22(20)29)34-27-21(28)17-32-35(26)27/h3-14,17,31,33H,2,15-16H2,1H3/b8-3-,19-13+. The number of anilines is 1. The number of hydrogen-bond acceptors (Lipinski definition) is 5. The Labute approximate surface area is 233 Å². The minimum Gasteiger partial charge on any atom is -0.366 e. The molecule has 11 heteroatoms. The minimum atomic E-state index is -4.03. The number of allylic oxidation sites excluding steroid dienone is 1. The first-order valence-electron chi connectivity index (χ1n) is 11.5. The molecule has 0 aliphatic rings. The molecule has 0 fully saturated rings. The van der Waals surface area contributed by atoms with Gasteiger partial charge in [-0.1, -0.05) is 66.7 Å². The van der Waals surface area contributed by atoms with Gasteiger partial charge in [0.1, 0.15) is 16.5 Å². The summed E-state index contributed by atoms with van der Waals surface area (Å²) in [6.07, 6.45) is 6.97. The van der Waals surface area contributed by atoms with Crippen molar-refractivity contribution in [1.29, 1.82) is 0 Å². The van der Waals surface area contributed by atoms with Crippen LogP contribution >= 0.6 is 27.5 Å². The molecular weight excluding hydrogens is 593 g/mol. The van der Waals surface area contributed by atoms with Crippen molar-refractivity contribution >= 4 is 49.0 Å². The number of nitrogens with one attached hydrogen (secondary N) is 2. The van der Waals surface area contributed by atoms with Gasteiger partial charge in [-0.3, -0.25) is 0 Å². The average Bonchev–Trinajstić information content (AvgIpc) is 3.27. The first-order valence-corrected chi connectivity index (χ1v) is 14.1. The normalized spacial score (nSPS) is 12.4. The highest BCUT2D eigenvalue weighted by Gasteiger charge is 2.18. The molecule has 2 aromatic heterocycles. The molecule has 0 radical (unpaired) electrons. The number of sulfonamides is 1. The molecule has 0 saturated carbocycles. The van der Waals surface area contributed by atoms with E-state index in [9.17, 15) is 12.8 Å². The van der Waals surface area contributed by atoms with Crippen molar-refractivity contribution < 1.29 is 12.8 Å². The number of nitrogens with zero attached hydrogens (tertiary/aromatic N) is 3. The number of benzene rings is 2. The Morgan fingerprint density at radius 3 is 2.66 bits per heavy atom. The second kappa shape index (κ2) is 12.0. The molecule has 0 atom stereocenters. The molecule has 4 aromatic rings. The SMILES string of the molecule is C=C(/C=C(\C=C/C)CNS(=O)(=O)c1ccccc1F)CNc1cc(-c2ccccc2Cl)nc2c(Br)cnn12. The van der Waals surface area contributed by atoms with Crippen LogP contribution in [0, 0.1) is 5.82 Å². The van der Waals surface area contributed by atoms with Crippen LogP contribution in [0.1, 0.15) is 6.92 Å². The van der Waals surface area contributed by atoms with E-state index in [0.29, 0.717) is 39.9 Å². The summed E-state index contributed by atoms with van der Waals surface area (Å²) >= 11 is 9.90. The molecule has 2 heterocycles. The van der Waals surface area contributed by atoms with Gasteiger partial charge in [-0.2, -0.15) is 9.61 Å². The van der Waals surface area contributed by atoms with Gasteiger partial charge in [0.05, 0.1) is 16.4 Å². The Morgan fingerprint density at radius 1 is 1.18 bits per heavy atom. The van der Waals surface area contributed by atoms with Crippen molar-refractivity contribution in [3.05, 3.63) is 112 Å².